The fourth-order valence-corrected chi connectivity index (χ4v) is 3.35. The summed E-state index contributed by atoms with van der Waals surface area (Å²) in [7, 11) is 0. The number of nitrogens with zero attached hydrogens (tertiary/aromatic N) is 1. The zero-order chi connectivity index (χ0) is 22.4. The number of anilines is 1. The summed E-state index contributed by atoms with van der Waals surface area (Å²) in [4.78, 5) is 12.7. The molecule has 0 aliphatic rings. The lowest BCUT2D eigenvalue weighted by atomic mass is 10.1. The van der Waals surface area contributed by atoms with E-state index in [1.807, 2.05) is 50.2 Å². The van der Waals surface area contributed by atoms with Crippen LogP contribution in [0.5, 0.6) is 5.75 Å². The summed E-state index contributed by atoms with van der Waals surface area (Å²) in [6.45, 7) is 4.06. The Morgan fingerprint density at radius 3 is 2.61 bits per heavy atom. The molecule has 0 spiro atoms. The predicted molar refractivity (Wildman–Crippen MR) is 125 cm³/mol. The molecule has 0 bridgehead atoms. The molecule has 0 unspecified atom stereocenters. The van der Waals surface area contributed by atoms with Crippen molar-refractivity contribution in [1.82, 2.24) is 0 Å². The number of hydrogen-bond donors (Lipinski definition) is 1. The summed E-state index contributed by atoms with van der Waals surface area (Å²) in [6.07, 6.45) is 1.51. The van der Waals surface area contributed by atoms with Crippen molar-refractivity contribution in [1.29, 1.82) is 5.26 Å². The van der Waals surface area contributed by atoms with Crippen LogP contribution in [0.2, 0.25) is 10.0 Å². The Kier molecular flexibility index (Phi) is 7.36. The highest BCUT2D eigenvalue weighted by Crippen LogP contribution is 2.26. The van der Waals surface area contributed by atoms with Crippen molar-refractivity contribution >= 4 is 40.9 Å². The highest BCUT2D eigenvalue weighted by atomic mass is 35.5. The molecule has 4 nitrogen and oxygen atoms in total. The van der Waals surface area contributed by atoms with Crippen LogP contribution in [0.15, 0.2) is 66.2 Å². The predicted octanol–water partition coefficient (Wildman–Crippen LogP) is 6.73. The third kappa shape index (κ3) is 5.88. The molecule has 0 heterocycles. The molecule has 156 valence electrons. The molecule has 0 aromatic heterocycles. The maximum Gasteiger partial charge on any atom is 0.266 e. The minimum Gasteiger partial charge on any atom is -0.488 e. The number of hydrogen-bond acceptors (Lipinski definition) is 3. The summed E-state index contributed by atoms with van der Waals surface area (Å²) in [6, 6.07) is 20.1. The van der Waals surface area contributed by atoms with Gasteiger partial charge in [-0.1, -0.05) is 59.6 Å². The summed E-state index contributed by atoms with van der Waals surface area (Å²) >= 11 is 12.1. The highest BCUT2D eigenvalue weighted by Gasteiger charge is 2.13. The molecule has 1 N–H and O–H groups in total. The van der Waals surface area contributed by atoms with Crippen LogP contribution in [0.1, 0.15) is 22.3 Å². The number of amides is 1. The van der Waals surface area contributed by atoms with Gasteiger partial charge in [-0.25, -0.2) is 0 Å². The van der Waals surface area contributed by atoms with Gasteiger partial charge in [-0.3, -0.25) is 4.79 Å². The maximum atomic E-state index is 12.7. The van der Waals surface area contributed by atoms with Crippen LogP contribution in [0, 0.1) is 25.2 Å². The number of carbonyl (C=O) groups is 1. The number of nitrogens with one attached hydrogen (secondary N) is 1. The molecular weight excluding hydrogens is 431 g/mol. The van der Waals surface area contributed by atoms with Crippen LogP contribution in [-0.4, -0.2) is 5.91 Å². The normalized spacial score (nSPS) is 11.0. The quantitative estimate of drug-likeness (QED) is 0.334. The van der Waals surface area contributed by atoms with E-state index in [1.165, 1.54) is 6.08 Å². The Morgan fingerprint density at radius 1 is 1.10 bits per heavy atom. The number of para-hydroxylation sites is 1. The fraction of sp³-hybridized carbons (Fsp3) is 0.120. The SMILES string of the molecule is Cc1ccc(C)c(NC(=O)/C(C#N)=C/c2ccccc2OCc2ccc(Cl)cc2Cl)c1. The van der Waals surface area contributed by atoms with Gasteiger partial charge < -0.3 is 10.1 Å². The number of benzene rings is 3. The molecule has 0 radical (unpaired) electrons. The molecular formula is C25H20Cl2N2O2. The Labute approximate surface area is 191 Å². The lowest BCUT2D eigenvalue weighted by Crippen LogP contribution is -2.14. The van der Waals surface area contributed by atoms with Gasteiger partial charge in [-0.2, -0.15) is 5.26 Å². The molecule has 6 heteroatoms. The molecule has 0 atom stereocenters. The number of aryl methyl sites for hydroxylation is 2. The Bertz CT molecular complexity index is 1200. The summed E-state index contributed by atoms with van der Waals surface area (Å²) < 4.78 is 5.91. The van der Waals surface area contributed by atoms with Gasteiger partial charge in [0.05, 0.1) is 0 Å². The molecule has 1 amide bonds. The second-order valence-electron chi connectivity index (χ2n) is 7.00. The van der Waals surface area contributed by atoms with Crippen LogP contribution in [0.25, 0.3) is 6.08 Å². The molecule has 0 saturated carbocycles. The molecule has 3 rings (SSSR count). The monoisotopic (exact) mass is 450 g/mol. The minimum atomic E-state index is -0.480. The van der Waals surface area contributed by atoms with E-state index in [0.29, 0.717) is 27.0 Å². The van der Waals surface area contributed by atoms with E-state index in [0.717, 1.165) is 16.7 Å². The topological polar surface area (TPSA) is 62.1 Å². The molecule has 3 aromatic carbocycles. The third-order valence-electron chi connectivity index (χ3n) is 4.62. The van der Waals surface area contributed by atoms with E-state index in [2.05, 4.69) is 5.32 Å². The van der Waals surface area contributed by atoms with Gasteiger partial charge in [0, 0.05) is 26.9 Å². The van der Waals surface area contributed by atoms with Crippen molar-refractivity contribution in [2.24, 2.45) is 0 Å². The van der Waals surface area contributed by atoms with E-state index < -0.39 is 5.91 Å². The Balaban J connectivity index is 1.82. The van der Waals surface area contributed by atoms with E-state index in [1.54, 1.807) is 30.3 Å². The van der Waals surface area contributed by atoms with Crippen LogP contribution in [0.4, 0.5) is 5.69 Å². The van der Waals surface area contributed by atoms with Crippen molar-refractivity contribution in [3.8, 4) is 11.8 Å². The minimum absolute atomic E-state index is 0.0264. The lowest BCUT2D eigenvalue weighted by Gasteiger charge is -2.12. The second kappa shape index (κ2) is 10.2. The van der Waals surface area contributed by atoms with Gasteiger partial charge in [-0.05, 0) is 55.3 Å². The molecule has 0 aliphatic heterocycles. The van der Waals surface area contributed by atoms with Crippen molar-refractivity contribution in [3.63, 3.8) is 0 Å². The largest absolute Gasteiger partial charge is 0.488 e. The van der Waals surface area contributed by atoms with Crippen LogP contribution in [-0.2, 0) is 11.4 Å². The van der Waals surface area contributed by atoms with E-state index in [9.17, 15) is 10.1 Å². The van der Waals surface area contributed by atoms with Crippen LogP contribution < -0.4 is 10.1 Å². The highest BCUT2D eigenvalue weighted by molar-refractivity contribution is 6.35. The van der Waals surface area contributed by atoms with Crippen molar-refractivity contribution in [2.75, 3.05) is 5.32 Å². The first kappa shape index (κ1) is 22.4. The van der Waals surface area contributed by atoms with Gasteiger partial charge in [0.25, 0.3) is 5.91 Å². The third-order valence-corrected chi connectivity index (χ3v) is 5.21. The standard InChI is InChI=1S/C25H20Cl2N2O2/c1-16-7-8-17(2)23(11-16)29-25(30)20(14-28)12-18-5-3-4-6-24(18)31-15-19-9-10-21(26)13-22(19)27/h3-13H,15H2,1-2H3,(H,29,30)/b20-12+. The van der Waals surface area contributed by atoms with Gasteiger partial charge >= 0.3 is 0 Å². The van der Waals surface area contributed by atoms with Crippen LogP contribution >= 0.6 is 23.2 Å². The van der Waals surface area contributed by atoms with Crippen LogP contribution in [0.3, 0.4) is 0 Å². The van der Waals surface area contributed by atoms with E-state index >= 15 is 0 Å². The van der Waals surface area contributed by atoms with Gasteiger partial charge in [-0.15, -0.1) is 0 Å². The van der Waals surface area contributed by atoms with Gasteiger partial charge in [0.1, 0.15) is 24.0 Å². The summed E-state index contributed by atoms with van der Waals surface area (Å²) in [5.41, 5.74) is 3.97. The fourth-order valence-electron chi connectivity index (χ4n) is 2.89. The Morgan fingerprint density at radius 2 is 1.87 bits per heavy atom. The van der Waals surface area contributed by atoms with E-state index in [4.69, 9.17) is 27.9 Å². The number of rotatable bonds is 6. The number of nitriles is 1. The lowest BCUT2D eigenvalue weighted by molar-refractivity contribution is -0.112. The van der Waals surface area contributed by atoms with Crippen molar-refractivity contribution < 1.29 is 9.53 Å². The second-order valence-corrected chi connectivity index (χ2v) is 7.85. The number of ether oxygens (including phenoxy) is 1. The zero-order valence-electron chi connectivity index (χ0n) is 17.1. The van der Waals surface area contributed by atoms with E-state index in [-0.39, 0.29) is 12.2 Å². The molecule has 0 aliphatic carbocycles. The maximum absolute atomic E-state index is 12.7. The summed E-state index contributed by atoms with van der Waals surface area (Å²) in [5, 5.41) is 13.4. The molecule has 31 heavy (non-hydrogen) atoms. The molecule has 0 saturated heterocycles. The van der Waals surface area contributed by atoms with Gasteiger partial charge in [0.2, 0.25) is 0 Å². The van der Waals surface area contributed by atoms with Crippen molar-refractivity contribution in [3.05, 3.63) is 98.5 Å². The molecule has 3 aromatic rings. The van der Waals surface area contributed by atoms with Crippen molar-refractivity contribution in [2.45, 2.75) is 20.5 Å². The van der Waals surface area contributed by atoms with Gasteiger partial charge in [0.15, 0.2) is 0 Å². The zero-order valence-corrected chi connectivity index (χ0v) is 18.6. The summed E-state index contributed by atoms with van der Waals surface area (Å²) in [5.74, 6) is 0.0487. The Hall–Kier alpha value is -3.26. The smallest absolute Gasteiger partial charge is 0.266 e. The average molecular weight is 451 g/mol. The number of carbonyl (C=O) groups excluding carboxylic acids is 1. The molecule has 0 fully saturated rings. The first-order valence-electron chi connectivity index (χ1n) is 9.53. The first-order valence-corrected chi connectivity index (χ1v) is 10.3. The average Bonchev–Trinajstić information content (AvgIpc) is 2.74. The number of halogens is 2. The first-order chi connectivity index (χ1) is 14.9.